The Morgan fingerprint density at radius 3 is 2.62 bits per heavy atom. The first kappa shape index (κ1) is 15.2. The molecule has 4 rings (SSSR count). The second-order valence-corrected chi connectivity index (χ2v) is 6.64. The van der Waals surface area contributed by atoms with Crippen molar-refractivity contribution in [2.45, 2.75) is 31.8 Å². The van der Waals surface area contributed by atoms with E-state index in [1.165, 1.54) is 11.1 Å². The SMILES string of the molecule is Cc1ccc(CNC2=Nc3ccccc3NC23CCOCC3)cc1. The van der Waals surface area contributed by atoms with Gasteiger partial charge in [-0.15, -0.1) is 0 Å². The van der Waals surface area contributed by atoms with E-state index in [9.17, 15) is 0 Å². The van der Waals surface area contributed by atoms with Gasteiger partial charge in [0.2, 0.25) is 0 Å². The zero-order valence-electron chi connectivity index (χ0n) is 14.0. The molecule has 124 valence electrons. The molecule has 4 heteroatoms. The van der Waals surface area contributed by atoms with Crippen LogP contribution in [0.4, 0.5) is 11.4 Å². The van der Waals surface area contributed by atoms with Crippen molar-refractivity contribution >= 4 is 17.2 Å². The minimum absolute atomic E-state index is 0.142. The smallest absolute Gasteiger partial charge is 0.129 e. The molecule has 0 bridgehead atoms. The highest BCUT2D eigenvalue weighted by molar-refractivity contribution is 6.00. The normalized spacial score (nSPS) is 18.5. The lowest BCUT2D eigenvalue weighted by Gasteiger charge is -2.42. The van der Waals surface area contributed by atoms with E-state index in [1.807, 2.05) is 6.07 Å². The molecule has 0 saturated carbocycles. The van der Waals surface area contributed by atoms with Crippen molar-refractivity contribution < 1.29 is 4.74 Å². The van der Waals surface area contributed by atoms with Gasteiger partial charge in [0.1, 0.15) is 5.84 Å². The molecule has 0 aromatic heterocycles. The van der Waals surface area contributed by atoms with Crippen LogP contribution < -0.4 is 10.6 Å². The Labute approximate surface area is 143 Å². The molecule has 2 aromatic rings. The van der Waals surface area contributed by atoms with E-state index in [1.54, 1.807) is 0 Å². The minimum Gasteiger partial charge on any atom is -0.381 e. The lowest BCUT2D eigenvalue weighted by atomic mass is 9.86. The lowest BCUT2D eigenvalue weighted by molar-refractivity contribution is 0.0771. The number of aryl methyl sites for hydroxylation is 1. The van der Waals surface area contributed by atoms with Gasteiger partial charge in [-0.25, -0.2) is 4.99 Å². The van der Waals surface area contributed by atoms with Crippen LogP contribution in [0.5, 0.6) is 0 Å². The molecule has 1 saturated heterocycles. The van der Waals surface area contributed by atoms with Crippen molar-refractivity contribution in [1.82, 2.24) is 5.32 Å². The largest absolute Gasteiger partial charge is 0.381 e. The van der Waals surface area contributed by atoms with E-state index in [4.69, 9.17) is 9.73 Å². The molecule has 24 heavy (non-hydrogen) atoms. The van der Waals surface area contributed by atoms with Gasteiger partial charge in [-0.05, 0) is 24.6 Å². The van der Waals surface area contributed by atoms with Gasteiger partial charge in [-0.2, -0.15) is 0 Å². The van der Waals surface area contributed by atoms with E-state index in [0.29, 0.717) is 0 Å². The van der Waals surface area contributed by atoms with Crippen LogP contribution in [0.15, 0.2) is 53.5 Å². The van der Waals surface area contributed by atoms with Crippen molar-refractivity contribution in [3.05, 3.63) is 59.7 Å². The van der Waals surface area contributed by atoms with E-state index in [0.717, 1.165) is 49.8 Å². The number of ether oxygens (including phenoxy) is 1. The summed E-state index contributed by atoms with van der Waals surface area (Å²) in [7, 11) is 0. The fourth-order valence-electron chi connectivity index (χ4n) is 3.40. The number of para-hydroxylation sites is 2. The molecule has 2 heterocycles. The number of hydrogen-bond acceptors (Lipinski definition) is 4. The monoisotopic (exact) mass is 321 g/mol. The number of benzene rings is 2. The average Bonchev–Trinajstić information content (AvgIpc) is 2.62. The average molecular weight is 321 g/mol. The summed E-state index contributed by atoms with van der Waals surface area (Å²) in [6.45, 7) is 4.42. The van der Waals surface area contributed by atoms with Crippen LogP contribution in [-0.2, 0) is 11.3 Å². The lowest BCUT2D eigenvalue weighted by Crippen LogP contribution is -2.56. The maximum Gasteiger partial charge on any atom is 0.129 e. The van der Waals surface area contributed by atoms with Gasteiger partial charge >= 0.3 is 0 Å². The van der Waals surface area contributed by atoms with Gasteiger partial charge in [0.25, 0.3) is 0 Å². The predicted octanol–water partition coefficient (Wildman–Crippen LogP) is 3.79. The van der Waals surface area contributed by atoms with Crippen LogP contribution in [0, 0.1) is 6.92 Å². The first-order valence-electron chi connectivity index (χ1n) is 8.59. The second kappa shape index (κ2) is 6.29. The number of fused-ring (bicyclic) bond motifs is 1. The molecule has 1 fully saturated rings. The summed E-state index contributed by atoms with van der Waals surface area (Å²) < 4.78 is 5.59. The van der Waals surface area contributed by atoms with Gasteiger partial charge in [-0.1, -0.05) is 42.0 Å². The first-order chi connectivity index (χ1) is 11.8. The summed E-state index contributed by atoms with van der Waals surface area (Å²) in [4.78, 5) is 4.94. The van der Waals surface area contributed by atoms with Crippen LogP contribution in [0.1, 0.15) is 24.0 Å². The molecule has 0 radical (unpaired) electrons. The molecule has 0 atom stereocenters. The van der Waals surface area contributed by atoms with Crippen LogP contribution in [0.25, 0.3) is 0 Å². The summed E-state index contributed by atoms with van der Waals surface area (Å²) in [5.74, 6) is 1.03. The standard InChI is InChI=1S/C20H23N3O/c1-15-6-8-16(9-7-15)14-21-19-20(10-12-24-13-11-20)23-18-5-3-2-4-17(18)22-19/h2-9,23H,10-14H2,1H3,(H,21,22). The molecule has 0 amide bonds. The number of rotatable bonds is 2. The number of anilines is 1. The van der Waals surface area contributed by atoms with Crippen molar-refractivity contribution in [2.75, 3.05) is 18.5 Å². The van der Waals surface area contributed by atoms with Crippen molar-refractivity contribution in [2.24, 2.45) is 4.99 Å². The Morgan fingerprint density at radius 2 is 1.83 bits per heavy atom. The number of nitrogens with zero attached hydrogens (tertiary/aromatic N) is 1. The Bertz CT molecular complexity index is 746. The molecule has 2 N–H and O–H groups in total. The highest BCUT2D eigenvalue weighted by Crippen LogP contribution is 2.37. The van der Waals surface area contributed by atoms with Crippen LogP contribution in [0.2, 0.25) is 0 Å². The van der Waals surface area contributed by atoms with Crippen molar-refractivity contribution in [1.29, 1.82) is 0 Å². The fraction of sp³-hybridized carbons (Fsp3) is 0.350. The summed E-state index contributed by atoms with van der Waals surface area (Å²) in [6.07, 6.45) is 1.86. The van der Waals surface area contributed by atoms with Crippen LogP contribution in [-0.4, -0.2) is 24.6 Å². The maximum atomic E-state index is 5.59. The van der Waals surface area contributed by atoms with Crippen molar-refractivity contribution in [3.8, 4) is 0 Å². The molecule has 2 aromatic carbocycles. The number of nitrogens with one attached hydrogen (secondary N) is 2. The van der Waals surface area contributed by atoms with Gasteiger partial charge in [0, 0.05) is 32.6 Å². The third-order valence-electron chi connectivity index (χ3n) is 4.89. The molecule has 0 aliphatic carbocycles. The van der Waals surface area contributed by atoms with Gasteiger partial charge in [0.05, 0.1) is 16.9 Å². The van der Waals surface area contributed by atoms with E-state index < -0.39 is 0 Å². The van der Waals surface area contributed by atoms with Gasteiger partial charge < -0.3 is 15.4 Å². The Balaban J connectivity index is 1.61. The highest BCUT2D eigenvalue weighted by atomic mass is 16.5. The van der Waals surface area contributed by atoms with E-state index in [-0.39, 0.29) is 5.54 Å². The molecule has 1 spiro atoms. The fourth-order valence-corrected chi connectivity index (χ4v) is 3.40. The zero-order valence-corrected chi connectivity index (χ0v) is 14.0. The molecular formula is C20H23N3O. The third-order valence-corrected chi connectivity index (χ3v) is 4.89. The van der Waals surface area contributed by atoms with Crippen molar-refractivity contribution in [3.63, 3.8) is 0 Å². The van der Waals surface area contributed by atoms with Crippen LogP contribution in [0.3, 0.4) is 0 Å². The number of hydrogen-bond donors (Lipinski definition) is 2. The molecule has 2 aliphatic rings. The molecule has 0 unspecified atom stereocenters. The van der Waals surface area contributed by atoms with Gasteiger partial charge in [0.15, 0.2) is 0 Å². The van der Waals surface area contributed by atoms with E-state index in [2.05, 4.69) is 60.0 Å². The maximum absolute atomic E-state index is 5.59. The summed E-state index contributed by atoms with van der Waals surface area (Å²) in [6, 6.07) is 16.9. The zero-order chi connectivity index (χ0) is 16.4. The van der Waals surface area contributed by atoms with Gasteiger partial charge in [-0.3, -0.25) is 0 Å². The summed E-state index contributed by atoms with van der Waals surface area (Å²) in [5.41, 5.74) is 4.52. The Morgan fingerprint density at radius 1 is 1.08 bits per heavy atom. The Kier molecular flexibility index (Phi) is 3.98. The first-order valence-corrected chi connectivity index (χ1v) is 8.59. The molecule has 2 aliphatic heterocycles. The highest BCUT2D eigenvalue weighted by Gasteiger charge is 2.40. The summed E-state index contributed by atoms with van der Waals surface area (Å²) in [5, 5.41) is 7.33. The molecular weight excluding hydrogens is 298 g/mol. The topological polar surface area (TPSA) is 45.7 Å². The molecule has 4 nitrogen and oxygen atoms in total. The van der Waals surface area contributed by atoms with Crippen LogP contribution >= 0.6 is 0 Å². The second-order valence-electron chi connectivity index (χ2n) is 6.64. The minimum atomic E-state index is -0.142. The van der Waals surface area contributed by atoms with E-state index >= 15 is 0 Å². The summed E-state index contributed by atoms with van der Waals surface area (Å²) >= 11 is 0. The predicted molar refractivity (Wildman–Crippen MR) is 98.0 cm³/mol. The number of amidine groups is 1. The Hall–Kier alpha value is -2.33. The number of aliphatic imine (C=N–C) groups is 1. The third kappa shape index (κ3) is 2.89. The quantitative estimate of drug-likeness (QED) is 0.884.